The molecule has 0 radical (unpaired) electrons. The molecule has 2 unspecified atom stereocenters. The molecular weight excluding hydrogens is 538 g/mol. The van der Waals surface area contributed by atoms with E-state index in [1.165, 1.54) is 12.3 Å². The molecule has 9 nitrogen and oxygen atoms in total. The molecule has 1 amide bonds. The van der Waals surface area contributed by atoms with Crippen molar-refractivity contribution >= 4 is 22.0 Å². The highest BCUT2D eigenvalue weighted by Gasteiger charge is 2.32. The lowest BCUT2D eigenvalue weighted by atomic mass is 9.94. The van der Waals surface area contributed by atoms with Crippen molar-refractivity contribution in [2.75, 3.05) is 13.1 Å². The summed E-state index contributed by atoms with van der Waals surface area (Å²) in [5.74, 6) is 0.549. The molecule has 210 valence electrons. The topological polar surface area (TPSA) is 121 Å². The third kappa shape index (κ3) is 6.32. The Bertz CT molecular complexity index is 1690. The molecule has 4 aromatic rings. The molecule has 3 heterocycles. The summed E-state index contributed by atoms with van der Waals surface area (Å²) >= 11 is 0. The minimum atomic E-state index is -3.73. The molecule has 1 saturated heterocycles. The quantitative estimate of drug-likeness (QED) is 0.235. The van der Waals surface area contributed by atoms with Crippen LogP contribution in [-0.2, 0) is 21.4 Å². The number of para-hydroxylation sites is 1. The van der Waals surface area contributed by atoms with E-state index < -0.39 is 15.9 Å². The van der Waals surface area contributed by atoms with Gasteiger partial charge < -0.3 is 9.73 Å². The van der Waals surface area contributed by atoms with Crippen molar-refractivity contribution in [3.05, 3.63) is 96.1 Å². The summed E-state index contributed by atoms with van der Waals surface area (Å²) in [5.41, 5.74) is 2.14. The number of furan rings is 1. The van der Waals surface area contributed by atoms with Gasteiger partial charge in [0.05, 0.1) is 23.4 Å². The first-order valence-corrected chi connectivity index (χ1v) is 14.9. The van der Waals surface area contributed by atoms with Crippen molar-refractivity contribution in [1.82, 2.24) is 19.4 Å². The van der Waals surface area contributed by atoms with Gasteiger partial charge >= 0.3 is 0 Å². The normalized spacial score (nSPS) is 18.1. The van der Waals surface area contributed by atoms with Crippen LogP contribution in [0, 0.1) is 23.2 Å². The Morgan fingerprint density at radius 3 is 2.54 bits per heavy atom. The summed E-state index contributed by atoms with van der Waals surface area (Å²) in [5, 5.41) is 17.3. The van der Waals surface area contributed by atoms with E-state index in [4.69, 9.17) is 9.52 Å². The minimum Gasteiger partial charge on any atom is -0.467 e. The van der Waals surface area contributed by atoms with Crippen LogP contribution in [0.5, 0.6) is 0 Å². The van der Waals surface area contributed by atoms with Crippen LogP contribution in [0.15, 0.2) is 94.1 Å². The van der Waals surface area contributed by atoms with Crippen LogP contribution < -0.4 is 5.32 Å². The van der Waals surface area contributed by atoms with Gasteiger partial charge in [0, 0.05) is 30.4 Å². The van der Waals surface area contributed by atoms with Crippen LogP contribution in [0.3, 0.4) is 0 Å². The van der Waals surface area contributed by atoms with Crippen molar-refractivity contribution < 1.29 is 17.6 Å². The average molecular weight is 570 g/mol. The number of piperidine rings is 1. The number of sulfonamides is 1. The van der Waals surface area contributed by atoms with E-state index in [9.17, 15) is 18.5 Å². The highest BCUT2D eigenvalue weighted by atomic mass is 32.2. The lowest BCUT2D eigenvalue weighted by Crippen LogP contribution is -2.42. The first-order chi connectivity index (χ1) is 19.7. The molecule has 0 spiro atoms. The minimum absolute atomic E-state index is 0.120. The lowest BCUT2D eigenvalue weighted by molar-refractivity contribution is -0.117. The fourth-order valence-corrected chi connectivity index (χ4v) is 6.89. The number of nitrogens with zero attached hydrogens (tertiary/aromatic N) is 4. The van der Waals surface area contributed by atoms with Gasteiger partial charge in [-0.05, 0) is 60.7 Å². The highest BCUT2D eigenvalue weighted by Crippen LogP contribution is 2.31. The van der Waals surface area contributed by atoms with Crippen LogP contribution >= 0.6 is 0 Å². The van der Waals surface area contributed by atoms with Crippen molar-refractivity contribution in [3.63, 3.8) is 0 Å². The van der Waals surface area contributed by atoms with Crippen LogP contribution in [0.25, 0.3) is 23.0 Å². The molecule has 2 aromatic carbocycles. The second-order valence-electron chi connectivity index (χ2n) is 10.4. The maximum absolute atomic E-state index is 13.6. The van der Waals surface area contributed by atoms with E-state index in [0.717, 1.165) is 12.1 Å². The van der Waals surface area contributed by atoms with Gasteiger partial charge in [-0.2, -0.15) is 14.7 Å². The Hall–Kier alpha value is -4.46. The van der Waals surface area contributed by atoms with Gasteiger partial charge in [0.15, 0.2) is 0 Å². The van der Waals surface area contributed by atoms with Crippen molar-refractivity contribution in [1.29, 1.82) is 5.26 Å². The van der Waals surface area contributed by atoms with Gasteiger partial charge in [-0.15, -0.1) is 0 Å². The molecule has 1 aliphatic rings. The standard InChI is InChI=1S/C31H31N5O4S/c1-22-14-23(2)20-35(19-22)41(38,39)29-12-6-8-24(16-29)30-26(21-36(34-30)27-9-4-3-5-10-27)15-25(17-32)31(37)33-18-28-11-7-13-40-28/h3-13,15-16,21-23H,14,18-20H2,1-2H3,(H,33,37)/b25-15-. The largest absolute Gasteiger partial charge is 0.467 e. The SMILES string of the molecule is CC1CC(C)CN(S(=O)(=O)c2cccc(-c3nn(-c4ccccc4)cc3/C=C(/C#N)C(=O)NCc3ccco3)c2)C1. The summed E-state index contributed by atoms with van der Waals surface area (Å²) in [6, 6.07) is 21.5. The summed E-state index contributed by atoms with van der Waals surface area (Å²) in [6.45, 7) is 5.23. The molecule has 1 N–H and O–H groups in total. The first-order valence-electron chi connectivity index (χ1n) is 13.4. The number of carbonyl (C=O) groups excluding carboxylic acids is 1. The predicted molar refractivity (Wildman–Crippen MR) is 155 cm³/mol. The maximum atomic E-state index is 13.6. The zero-order valence-corrected chi connectivity index (χ0v) is 23.7. The number of carbonyl (C=O) groups is 1. The first kappa shape index (κ1) is 28.1. The molecule has 2 aromatic heterocycles. The van der Waals surface area contributed by atoms with E-state index in [1.807, 2.05) is 36.4 Å². The zero-order valence-electron chi connectivity index (χ0n) is 22.9. The fraction of sp³-hybridized carbons (Fsp3) is 0.258. The molecular formula is C31H31N5O4S. The number of nitriles is 1. The van der Waals surface area contributed by atoms with E-state index in [-0.39, 0.29) is 28.8 Å². The predicted octanol–water partition coefficient (Wildman–Crippen LogP) is 5.02. The molecule has 2 atom stereocenters. The van der Waals surface area contributed by atoms with Gasteiger partial charge in [0.1, 0.15) is 23.1 Å². The molecule has 1 aliphatic heterocycles. The number of rotatable bonds is 8. The van der Waals surface area contributed by atoms with E-state index in [2.05, 4.69) is 19.2 Å². The van der Waals surface area contributed by atoms with Crippen LogP contribution in [0.2, 0.25) is 0 Å². The molecule has 0 aliphatic carbocycles. The Balaban J connectivity index is 1.53. The van der Waals surface area contributed by atoms with Crippen LogP contribution in [-0.4, -0.2) is 41.5 Å². The van der Waals surface area contributed by atoms with Crippen LogP contribution in [0.1, 0.15) is 31.6 Å². The summed E-state index contributed by atoms with van der Waals surface area (Å²) in [4.78, 5) is 13.0. The number of hydrogen-bond donors (Lipinski definition) is 1. The lowest BCUT2D eigenvalue weighted by Gasteiger charge is -2.34. The number of aromatic nitrogens is 2. The number of hydrogen-bond acceptors (Lipinski definition) is 6. The fourth-order valence-electron chi connectivity index (χ4n) is 5.17. The number of amides is 1. The highest BCUT2D eigenvalue weighted by molar-refractivity contribution is 7.89. The monoisotopic (exact) mass is 569 g/mol. The van der Waals surface area contributed by atoms with Crippen molar-refractivity contribution in [2.24, 2.45) is 11.8 Å². The third-order valence-corrected chi connectivity index (χ3v) is 8.84. The summed E-state index contributed by atoms with van der Waals surface area (Å²) < 4.78 is 35.7. The number of benzene rings is 2. The van der Waals surface area contributed by atoms with E-state index in [1.54, 1.807) is 51.6 Å². The molecule has 41 heavy (non-hydrogen) atoms. The average Bonchev–Trinajstić information content (AvgIpc) is 3.65. The van der Waals surface area contributed by atoms with E-state index in [0.29, 0.717) is 35.7 Å². The third-order valence-electron chi connectivity index (χ3n) is 7.01. The maximum Gasteiger partial charge on any atom is 0.262 e. The molecule has 0 saturated carbocycles. The molecule has 0 bridgehead atoms. The smallest absolute Gasteiger partial charge is 0.262 e. The molecule has 10 heteroatoms. The van der Waals surface area contributed by atoms with Gasteiger partial charge in [-0.1, -0.05) is 44.2 Å². The second kappa shape index (κ2) is 12.0. The summed E-state index contributed by atoms with van der Waals surface area (Å²) in [7, 11) is -3.73. The van der Waals surface area contributed by atoms with Gasteiger partial charge in [0.2, 0.25) is 10.0 Å². The Labute approximate surface area is 239 Å². The second-order valence-corrected chi connectivity index (χ2v) is 12.4. The Morgan fingerprint density at radius 2 is 1.85 bits per heavy atom. The van der Waals surface area contributed by atoms with Gasteiger partial charge in [-0.3, -0.25) is 4.79 Å². The van der Waals surface area contributed by atoms with E-state index >= 15 is 0 Å². The zero-order chi connectivity index (χ0) is 29.0. The summed E-state index contributed by atoms with van der Waals surface area (Å²) in [6.07, 6.45) is 5.69. The van der Waals surface area contributed by atoms with Crippen molar-refractivity contribution in [2.45, 2.75) is 31.7 Å². The molecule has 5 rings (SSSR count). The van der Waals surface area contributed by atoms with Gasteiger partial charge in [-0.25, -0.2) is 13.1 Å². The molecule has 1 fully saturated rings. The van der Waals surface area contributed by atoms with Crippen molar-refractivity contribution in [3.8, 4) is 23.0 Å². The van der Waals surface area contributed by atoms with Gasteiger partial charge in [0.25, 0.3) is 5.91 Å². The Kier molecular flexibility index (Phi) is 8.19. The number of nitrogens with one attached hydrogen (secondary N) is 1. The Morgan fingerprint density at radius 1 is 1.10 bits per heavy atom. The van der Waals surface area contributed by atoms with Crippen LogP contribution in [0.4, 0.5) is 0 Å².